The molecule has 0 aliphatic carbocycles. The fourth-order valence-corrected chi connectivity index (χ4v) is 1.49. The molecular formula is C10H9NO. The van der Waals surface area contributed by atoms with Gasteiger partial charge in [-0.15, -0.1) is 0 Å². The lowest BCUT2D eigenvalue weighted by atomic mass is 10.1. The van der Waals surface area contributed by atoms with Gasteiger partial charge >= 0.3 is 0 Å². The van der Waals surface area contributed by atoms with Gasteiger partial charge in [0.05, 0.1) is 12.2 Å². The molecular weight excluding hydrogens is 150 g/mol. The monoisotopic (exact) mass is 159 g/mol. The van der Waals surface area contributed by atoms with Crippen LogP contribution in [0.4, 0.5) is 5.69 Å². The molecule has 0 N–H and O–H groups in total. The second kappa shape index (κ2) is 2.48. The van der Waals surface area contributed by atoms with E-state index in [-0.39, 0.29) is 0 Å². The maximum atomic E-state index is 10.6. The van der Waals surface area contributed by atoms with Crippen LogP contribution in [0.25, 0.3) is 5.57 Å². The van der Waals surface area contributed by atoms with Crippen molar-refractivity contribution < 1.29 is 4.79 Å². The molecule has 2 nitrogen and oxygen atoms in total. The molecule has 2 rings (SSSR count). The number of nitrogens with zero attached hydrogens (tertiary/aromatic N) is 1. The van der Waals surface area contributed by atoms with Crippen molar-refractivity contribution in [2.75, 3.05) is 11.4 Å². The zero-order valence-electron chi connectivity index (χ0n) is 6.66. The van der Waals surface area contributed by atoms with E-state index in [2.05, 4.69) is 6.58 Å². The van der Waals surface area contributed by atoms with Crippen molar-refractivity contribution in [3.63, 3.8) is 0 Å². The Balaban J connectivity index is 2.57. The zero-order valence-corrected chi connectivity index (χ0v) is 6.66. The Morgan fingerprint density at radius 2 is 2.17 bits per heavy atom. The Labute approximate surface area is 71.1 Å². The molecule has 1 aromatic carbocycles. The van der Waals surface area contributed by atoms with Crippen LogP contribution in [0.5, 0.6) is 0 Å². The van der Waals surface area contributed by atoms with Gasteiger partial charge in [0.15, 0.2) is 0 Å². The van der Waals surface area contributed by atoms with Crippen LogP contribution in [0, 0.1) is 0 Å². The molecule has 0 radical (unpaired) electrons. The van der Waals surface area contributed by atoms with E-state index in [4.69, 9.17) is 0 Å². The molecule has 0 bridgehead atoms. The van der Waals surface area contributed by atoms with Crippen molar-refractivity contribution in [2.45, 2.75) is 0 Å². The molecule has 0 saturated heterocycles. The van der Waals surface area contributed by atoms with Gasteiger partial charge in [0.2, 0.25) is 6.41 Å². The molecule has 1 aliphatic rings. The number of benzene rings is 1. The molecule has 0 unspecified atom stereocenters. The van der Waals surface area contributed by atoms with Crippen molar-refractivity contribution in [3.8, 4) is 0 Å². The lowest BCUT2D eigenvalue weighted by molar-refractivity contribution is -0.107. The second-order valence-electron chi connectivity index (χ2n) is 2.85. The van der Waals surface area contributed by atoms with Gasteiger partial charge in [0.25, 0.3) is 0 Å². The highest BCUT2D eigenvalue weighted by Gasteiger charge is 2.20. The molecule has 2 heteroatoms. The van der Waals surface area contributed by atoms with Gasteiger partial charge < -0.3 is 4.90 Å². The Morgan fingerprint density at radius 3 is 2.92 bits per heavy atom. The first-order valence-corrected chi connectivity index (χ1v) is 3.82. The maximum Gasteiger partial charge on any atom is 0.214 e. The summed E-state index contributed by atoms with van der Waals surface area (Å²) in [5, 5.41) is 0. The predicted molar refractivity (Wildman–Crippen MR) is 48.9 cm³/mol. The summed E-state index contributed by atoms with van der Waals surface area (Å²) >= 11 is 0. The molecule has 1 aliphatic heterocycles. The Kier molecular flexibility index (Phi) is 1.47. The molecule has 0 aromatic heterocycles. The lowest BCUT2D eigenvalue weighted by Gasteiger charge is -2.07. The van der Waals surface area contributed by atoms with Gasteiger partial charge in [0, 0.05) is 5.56 Å². The molecule has 1 aromatic rings. The molecule has 1 heterocycles. The predicted octanol–water partition coefficient (Wildman–Crippen LogP) is 1.68. The Bertz CT molecular complexity index is 343. The quantitative estimate of drug-likeness (QED) is 0.571. The lowest BCUT2D eigenvalue weighted by Crippen LogP contribution is -2.16. The fourth-order valence-electron chi connectivity index (χ4n) is 1.49. The summed E-state index contributed by atoms with van der Waals surface area (Å²) in [4.78, 5) is 12.3. The van der Waals surface area contributed by atoms with Crippen molar-refractivity contribution in [1.29, 1.82) is 0 Å². The van der Waals surface area contributed by atoms with E-state index in [1.807, 2.05) is 24.3 Å². The topological polar surface area (TPSA) is 20.3 Å². The summed E-state index contributed by atoms with van der Waals surface area (Å²) in [7, 11) is 0. The third-order valence-electron chi connectivity index (χ3n) is 2.08. The third-order valence-corrected chi connectivity index (χ3v) is 2.08. The van der Waals surface area contributed by atoms with Crippen LogP contribution in [0.1, 0.15) is 5.56 Å². The minimum absolute atomic E-state index is 0.628. The first kappa shape index (κ1) is 7.10. The number of hydrogen-bond donors (Lipinski definition) is 0. The number of rotatable bonds is 1. The first-order valence-electron chi connectivity index (χ1n) is 3.82. The van der Waals surface area contributed by atoms with E-state index < -0.39 is 0 Å². The number of anilines is 1. The van der Waals surface area contributed by atoms with Gasteiger partial charge in [-0.25, -0.2) is 0 Å². The van der Waals surface area contributed by atoms with Crippen molar-refractivity contribution in [3.05, 3.63) is 36.4 Å². The number of hydrogen-bond acceptors (Lipinski definition) is 1. The molecule has 0 saturated carbocycles. The van der Waals surface area contributed by atoms with Gasteiger partial charge in [-0.05, 0) is 11.6 Å². The zero-order chi connectivity index (χ0) is 8.55. The largest absolute Gasteiger partial charge is 0.310 e. The van der Waals surface area contributed by atoms with Crippen LogP contribution in [0.3, 0.4) is 0 Å². The van der Waals surface area contributed by atoms with Gasteiger partial charge in [-0.2, -0.15) is 0 Å². The summed E-state index contributed by atoms with van der Waals surface area (Å²) in [5.41, 5.74) is 3.07. The van der Waals surface area contributed by atoms with Gasteiger partial charge in [-0.3, -0.25) is 4.79 Å². The summed E-state index contributed by atoms with van der Waals surface area (Å²) in [6.45, 7) is 4.52. The van der Waals surface area contributed by atoms with E-state index in [0.717, 1.165) is 23.2 Å². The molecule has 1 amide bonds. The molecule has 0 atom stereocenters. The average molecular weight is 159 g/mol. The second-order valence-corrected chi connectivity index (χ2v) is 2.85. The van der Waals surface area contributed by atoms with Crippen LogP contribution < -0.4 is 4.90 Å². The smallest absolute Gasteiger partial charge is 0.214 e. The summed E-state index contributed by atoms with van der Waals surface area (Å²) in [6.07, 6.45) is 0.844. The Morgan fingerprint density at radius 1 is 1.42 bits per heavy atom. The number of carbonyl (C=O) groups excluding carboxylic acids is 1. The summed E-state index contributed by atoms with van der Waals surface area (Å²) in [5.74, 6) is 0. The maximum absolute atomic E-state index is 10.6. The van der Waals surface area contributed by atoms with Crippen LogP contribution in [-0.2, 0) is 4.79 Å². The molecule has 12 heavy (non-hydrogen) atoms. The van der Waals surface area contributed by atoms with Crippen LogP contribution in [-0.4, -0.2) is 13.0 Å². The minimum Gasteiger partial charge on any atom is -0.310 e. The first-order chi connectivity index (χ1) is 5.83. The highest BCUT2D eigenvalue weighted by Crippen LogP contribution is 2.32. The van der Waals surface area contributed by atoms with Gasteiger partial charge in [-0.1, -0.05) is 24.8 Å². The third kappa shape index (κ3) is 0.848. The highest BCUT2D eigenvalue weighted by atomic mass is 16.1. The SMILES string of the molecule is C=C1CN(C=O)c2ccccc21. The number of amides is 1. The van der Waals surface area contributed by atoms with Crippen molar-refractivity contribution in [2.24, 2.45) is 0 Å². The van der Waals surface area contributed by atoms with E-state index in [0.29, 0.717) is 6.54 Å². The minimum atomic E-state index is 0.628. The average Bonchev–Trinajstić information content (AvgIpc) is 2.44. The fraction of sp³-hybridized carbons (Fsp3) is 0.100. The summed E-state index contributed by atoms with van der Waals surface area (Å²) < 4.78 is 0. The number of para-hydroxylation sites is 1. The van der Waals surface area contributed by atoms with Crippen molar-refractivity contribution in [1.82, 2.24) is 0 Å². The van der Waals surface area contributed by atoms with E-state index in [1.165, 1.54) is 0 Å². The number of fused-ring (bicyclic) bond motifs is 1. The normalized spacial score (nSPS) is 14.7. The Hall–Kier alpha value is -1.57. The van der Waals surface area contributed by atoms with E-state index in [9.17, 15) is 4.79 Å². The molecule has 0 fully saturated rings. The van der Waals surface area contributed by atoms with Crippen molar-refractivity contribution >= 4 is 17.7 Å². The standard InChI is InChI=1S/C10H9NO/c1-8-6-11(7-12)10-5-3-2-4-9(8)10/h2-5,7H,1,6H2. The number of carbonyl (C=O) groups is 1. The highest BCUT2D eigenvalue weighted by molar-refractivity contribution is 5.93. The van der Waals surface area contributed by atoms with E-state index in [1.54, 1.807) is 4.90 Å². The molecule has 60 valence electrons. The molecule has 0 spiro atoms. The van der Waals surface area contributed by atoms with Crippen LogP contribution in [0.2, 0.25) is 0 Å². The summed E-state index contributed by atoms with van der Waals surface area (Å²) in [6, 6.07) is 7.80. The van der Waals surface area contributed by atoms with Gasteiger partial charge in [0.1, 0.15) is 0 Å². The van der Waals surface area contributed by atoms with Crippen LogP contribution in [0.15, 0.2) is 30.8 Å². The van der Waals surface area contributed by atoms with Crippen LogP contribution >= 0.6 is 0 Å². The van der Waals surface area contributed by atoms with E-state index >= 15 is 0 Å².